The molecule has 1 aliphatic rings. The lowest BCUT2D eigenvalue weighted by molar-refractivity contribution is 0.122. The molecule has 30 heavy (non-hydrogen) atoms. The van der Waals surface area contributed by atoms with Crippen molar-refractivity contribution in [3.63, 3.8) is 0 Å². The molecule has 1 aliphatic heterocycles. The van der Waals surface area contributed by atoms with Crippen LogP contribution in [0.15, 0.2) is 45.8 Å². The quantitative estimate of drug-likeness (QED) is 0.500. The molecule has 0 unspecified atom stereocenters. The molecular weight excluding hydrogens is 400 g/mol. The van der Waals surface area contributed by atoms with Gasteiger partial charge in [-0.25, -0.2) is 9.78 Å². The minimum absolute atomic E-state index is 0.299. The maximum absolute atomic E-state index is 13.1. The van der Waals surface area contributed by atoms with Gasteiger partial charge in [-0.3, -0.25) is 4.57 Å². The first-order valence-electron chi connectivity index (χ1n) is 9.94. The van der Waals surface area contributed by atoms with Crippen molar-refractivity contribution in [3.8, 4) is 11.5 Å². The van der Waals surface area contributed by atoms with Crippen LogP contribution in [0.2, 0.25) is 0 Å². The molecule has 1 fully saturated rings. The third-order valence-corrected chi connectivity index (χ3v) is 6.51. The van der Waals surface area contributed by atoms with E-state index in [2.05, 4.69) is 41.9 Å². The number of furan rings is 1. The number of hydrogen-bond donors (Lipinski definition) is 0. The average Bonchev–Trinajstić information content (AvgIpc) is 3.43. The van der Waals surface area contributed by atoms with Gasteiger partial charge in [-0.15, -0.1) is 0 Å². The van der Waals surface area contributed by atoms with Crippen molar-refractivity contribution >= 4 is 26.8 Å². The fourth-order valence-corrected chi connectivity index (χ4v) is 4.80. The second-order valence-corrected chi connectivity index (χ2v) is 8.44. The van der Waals surface area contributed by atoms with Gasteiger partial charge in [0.15, 0.2) is 10.9 Å². The van der Waals surface area contributed by atoms with E-state index in [9.17, 15) is 4.79 Å². The van der Waals surface area contributed by atoms with Gasteiger partial charge in [0.2, 0.25) is 0 Å². The van der Waals surface area contributed by atoms with Crippen LogP contribution in [0.1, 0.15) is 16.7 Å². The largest absolute Gasteiger partial charge is 0.463 e. The van der Waals surface area contributed by atoms with Crippen LogP contribution >= 0.6 is 11.3 Å². The lowest BCUT2D eigenvalue weighted by atomic mass is 10.1. The molecule has 0 saturated carbocycles. The van der Waals surface area contributed by atoms with Crippen LogP contribution < -0.4 is 10.6 Å². The minimum atomic E-state index is -0.299. The summed E-state index contributed by atoms with van der Waals surface area (Å²) in [6.45, 7) is 7.49. The Balaban J connectivity index is 1.69. The monoisotopic (exact) mass is 422 g/mol. The summed E-state index contributed by atoms with van der Waals surface area (Å²) in [4.78, 5) is 25.3. The molecule has 0 N–H and O–H groups in total. The standard InChI is InChI=1S/C22H22N4O3S/c1-14-5-6-15(2)16(12-14)13-26-20-19(18(23-21(26)27)17-4-3-9-29-17)24-22(30-20)25-7-10-28-11-8-25/h3-6,9,12H,7-8,10-11,13H2,1-2H3. The van der Waals surface area contributed by atoms with E-state index in [1.807, 2.05) is 6.07 Å². The molecule has 0 aliphatic carbocycles. The summed E-state index contributed by atoms with van der Waals surface area (Å²) in [6.07, 6.45) is 1.58. The summed E-state index contributed by atoms with van der Waals surface area (Å²) >= 11 is 1.53. The highest BCUT2D eigenvalue weighted by atomic mass is 32.1. The van der Waals surface area contributed by atoms with Crippen molar-refractivity contribution in [2.45, 2.75) is 20.4 Å². The molecule has 0 amide bonds. The number of rotatable bonds is 4. The first-order valence-corrected chi connectivity index (χ1v) is 10.8. The number of benzene rings is 1. The number of anilines is 1. The van der Waals surface area contributed by atoms with Crippen molar-refractivity contribution in [1.29, 1.82) is 0 Å². The Morgan fingerprint density at radius 1 is 1.13 bits per heavy atom. The Bertz CT molecular complexity index is 1250. The van der Waals surface area contributed by atoms with Crippen LogP contribution in [0.3, 0.4) is 0 Å². The maximum atomic E-state index is 13.1. The normalized spacial score (nSPS) is 14.5. The van der Waals surface area contributed by atoms with E-state index in [1.54, 1.807) is 16.9 Å². The lowest BCUT2D eigenvalue weighted by Gasteiger charge is -2.25. The van der Waals surface area contributed by atoms with E-state index in [4.69, 9.17) is 14.1 Å². The number of hydrogen-bond acceptors (Lipinski definition) is 7. The molecule has 0 atom stereocenters. The van der Waals surface area contributed by atoms with Crippen molar-refractivity contribution in [2.75, 3.05) is 31.2 Å². The minimum Gasteiger partial charge on any atom is -0.463 e. The Labute approximate surface area is 177 Å². The van der Waals surface area contributed by atoms with Gasteiger partial charge in [-0.1, -0.05) is 35.1 Å². The van der Waals surface area contributed by atoms with Crippen LogP contribution in [0.4, 0.5) is 5.13 Å². The van der Waals surface area contributed by atoms with Gasteiger partial charge in [0, 0.05) is 13.1 Å². The Kier molecular flexibility index (Phi) is 4.88. The molecule has 1 saturated heterocycles. The molecule has 154 valence electrons. The third kappa shape index (κ3) is 3.42. The summed E-state index contributed by atoms with van der Waals surface area (Å²) < 4.78 is 12.8. The zero-order chi connectivity index (χ0) is 20.7. The van der Waals surface area contributed by atoms with Crippen molar-refractivity contribution in [1.82, 2.24) is 14.5 Å². The first kappa shape index (κ1) is 19.0. The summed E-state index contributed by atoms with van der Waals surface area (Å²) in [6, 6.07) is 9.89. The van der Waals surface area contributed by atoms with Gasteiger partial charge < -0.3 is 14.1 Å². The summed E-state index contributed by atoms with van der Waals surface area (Å²) in [5.41, 5.74) is 4.31. The fourth-order valence-electron chi connectivity index (χ4n) is 3.69. The van der Waals surface area contributed by atoms with Gasteiger partial charge in [-0.05, 0) is 37.1 Å². The molecule has 7 nitrogen and oxygen atoms in total. The number of nitrogens with zero attached hydrogens (tertiary/aromatic N) is 4. The van der Waals surface area contributed by atoms with Crippen LogP contribution in [0.25, 0.3) is 21.8 Å². The van der Waals surface area contributed by atoms with Crippen molar-refractivity contribution in [3.05, 3.63) is 63.8 Å². The van der Waals surface area contributed by atoms with Gasteiger partial charge in [-0.2, -0.15) is 4.98 Å². The van der Waals surface area contributed by atoms with E-state index in [0.717, 1.165) is 34.2 Å². The van der Waals surface area contributed by atoms with E-state index in [-0.39, 0.29) is 5.69 Å². The molecule has 4 heterocycles. The SMILES string of the molecule is Cc1ccc(C)c(Cn2c(=O)nc(-c3ccco3)c3nc(N4CCOCC4)sc32)c1. The number of ether oxygens (including phenoxy) is 1. The average molecular weight is 423 g/mol. The zero-order valence-corrected chi connectivity index (χ0v) is 17.7. The zero-order valence-electron chi connectivity index (χ0n) is 16.9. The second kappa shape index (κ2) is 7.70. The Hall–Kier alpha value is -2.97. The summed E-state index contributed by atoms with van der Waals surface area (Å²) in [7, 11) is 0. The van der Waals surface area contributed by atoms with Gasteiger partial charge >= 0.3 is 5.69 Å². The predicted octanol–water partition coefficient (Wildman–Crippen LogP) is 3.61. The van der Waals surface area contributed by atoms with E-state index < -0.39 is 0 Å². The van der Waals surface area contributed by atoms with Crippen LogP contribution in [-0.4, -0.2) is 40.8 Å². The Morgan fingerprint density at radius 3 is 2.73 bits per heavy atom. The fraction of sp³-hybridized carbons (Fsp3) is 0.318. The number of morpholine rings is 1. The molecule has 0 bridgehead atoms. The molecule has 4 aromatic rings. The predicted molar refractivity (Wildman–Crippen MR) is 117 cm³/mol. The van der Waals surface area contributed by atoms with Crippen molar-refractivity contribution in [2.24, 2.45) is 0 Å². The number of aryl methyl sites for hydroxylation is 2. The summed E-state index contributed by atoms with van der Waals surface area (Å²) in [5.74, 6) is 0.551. The number of aromatic nitrogens is 3. The van der Waals surface area contributed by atoms with Crippen LogP contribution in [0, 0.1) is 13.8 Å². The van der Waals surface area contributed by atoms with Crippen molar-refractivity contribution < 1.29 is 9.15 Å². The molecule has 8 heteroatoms. The van der Waals surface area contributed by atoms with Gasteiger partial charge in [0.25, 0.3) is 0 Å². The maximum Gasteiger partial charge on any atom is 0.349 e. The lowest BCUT2D eigenvalue weighted by Crippen LogP contribution is -2.36. The van der Waals surface area contributed by atoms with E-state index in [0.29, 0.717) is 36.7 Å². The molecule has 5 rings (SSSR count). The van der Waals surface area contributed by atoms with Gasteiger partial charge in [0.1, 0.15) is 16.0 Å². The molecular formula is C22H22N4O3S. The summed E-state index contributed by atoms with van der Waals surface area (Å²) in [5, 5.41) is 0.878. The highest BCUT2D eigenvalue weighted by Crippen LogP contribution is 2.34. The second-order valence-electron chi connectivity index (χ2n) is 7.49. The highest BCUT2D eigenvalue weighted by Gasteiger charge is 2.22. The van der Waals surface area contributed by atoms with E-state index >= 15 is 0 Å². The smallest absolute Gasteiger partial charge is 0.349 e. The number of fused-ring (bicyclic) bond motifs is 1. The van der Waals surface area contributed by atoms with Crippen LogP contribution in [0.5, 0.6) is 0 Å². The number of thiazole rings is 1. The Morgan fingerprint density at radius 2 is 1.97 bits per heavy atom. The third-order valence-electron chi connectivity index (χ3n) is 5.38. The van der Waals surface area contributed by atoms with E-state index in [1.165, 1.54) is 16.9 Å². The molecule has 1 aromatic carbocycles. The topological polar surface area (TPSA) is 73.4 Å². The highest BCUT2D eigenvalue weighted by molar-refractivity contribution is 7.21. The molecule has 0 radical (unpaired) electrons. The van der Waals surface area contributed by atoms with Crippen LogP contribution in [-0.2, 0) is 11.3 Å². The molecule has 3 aromatic heterocycles. The molecule has 0 spiro atoms. The van der Waals surface area contributed by atoms with Gasteiger partial charge in [0.05, 0.1) is 26.0 Å². The first-order chi connectivity index (χ1) is 14.6.